The van der Waals surface area contributed by atoms with Crippen molar-refractivity contribution in [2.75, 3.05) is 40.5 Å². The maximum Gasteiger partial charge on any atom is 0.170 e. The summed E-state index contributed by atoms with van der Waals surface area (Å²) in [4.78, 5) is 4.62. The van der Waals surface area contributed by atoms with Gasteiger partial charge in [0.2, 0.25) is 0 Å². The standard InChI is InChI=1S/C28H29NO4S2/c1-30-24-19-25(31-2)26(18-23(24)28-17-20-7-3-4-8-27(20)34-28)33-21-9-11-22(12-10-21)35-32-16-15-29-13-5-6-14-29/h3-4,7-12,17-19H,5-6,13-16H2,1-2H3. The Hall–Kier alpha value is -2.71. The van der Waals surface area contributed by atoms with Crippen molar-refractivity contribution < 1.29 is 18.4 Å². The third kappa shape index (κ3) is 5.76. The van der Waals surface area contributed by atoms with Crippen molar-refractivity contribution >= 4 is 33.5 Å². The third-order valence-electron chi connectivity index (χ3n) is 6.07. The Morgan fingerprint density at radius 3 is 2.37 bits per heavy atom. The Morgan fingerprint density at radius 2 is 1.63 bits per heavy atom. The fourth-order valence-corrected chi connectivity index (χ4v) is 5.85. The summed E-state index contributed by atoms with van der Waals surface area (Å²) in [5, 5.41) is 1.21. The zero-order valence-electron chi connectivity index (χ0n) is 20.0. The predicted molar refractivity (Wildman–Crippen MR) is 144 cm³/mol. The second-order valence-electron chi connectivity index (χ2n) is 8.38. The smallest absolute Gasteiger partial charge is 0.170 e. The number of hydrogen-bond donors (Lipinski definition) is 0. The molecule has 1 aliphatic heterocycles. The molecule has 0 bridgehead atoms. The Labute approximate surface area is 214 Å². The molecule has 0 spiro atoms. The molecule has 0 unspecified atom stereocenters. The van der Waals surface area contributed by atoms with Crippen LogP contribution in [0.2, 0.25) is 0 Å². The van der Waals surface area contributed by atoms with Crippen LogP contribution in [-0.2, 0) is 4.18 Å². The van der Waals surface area contributed by atoms with E-state index in [-0.39, 0.29) is 0 Å². The number of ether oxygens (including phenoxy) is 3. The lowest BCUT2D eigenvalue weighted by Crippen LogP contribution is -2.23. The summed E-state index contributed by atoms with van der Waals surface area (Å²) >= 11 is 3.14. The van der Waals surface area contributed by atoms with Crippen molar-refractivity contribution in [1.82, 2.24) is 4.90 Å². The molecule has 0 amide bonds. The number of thiophene rings is 1. The number of methoxy groups -OCH3 is 2. The molecule has 0 aliphatic carbocycles. The first-order chi connectivity index (χ1) is 17.2. The molecule has 0 N–H and O–H groups in total. The van der Waals surface area contributed by atoms with Gasteiger partial charge in [0, 0.05) is 44.7 Å². The summed E-state index contributed by atoms with van der Waals surface area (Å²) in [6.07, 6.45) is 2.61. The van der Waals surface area contributed by atoms with E-state index in [9.17, 15) is 0 Å². The van der Waals surface area contributed by atoms with Gasteiger partial charge in [0.1, 0.15) is 11.5 Å². The first kappa shape index (κ1) is 24.0. The minimum atomic E-state index is 0.621. The number of likely N-dealkylation sites (tertiary alicyclic amines) is 1. The molecule has 3 aromatic carbocycles. The lowest BCUT2D eigenvalue weighted by atomic mass is 10.1. The van der Waals surface area contributed by atoms with Gasteiger partial charge in [0.05, 0.1) is 20.8 Å². The number of hydrogen-bond acceptors (Lipinski definition) is 7. The van der Waals surface area contributed by atoms with E-state index in [0.29, 0.717) is 11.5 Å². The van der Waals surface area contributed by atoms with Crippen LogP contribution in [0.4, 0.5) is 0 Å². The lowest BCUT2D eigenvalue weighted by molar-refractivity contribution is 0.261. The Kier molecular flexibility index (Phi) is 7.79. The maximum absolute atomic E-state index is 6.25. The third-order valence-corrected chi connectivity index (χ3v) is 7.97. The van der Waals surface area contributed by atoms with Crippen LogP contribution in [0.1, 0.15) is 12.8 Å². The first-order valence-corrected chi connectivity index (χ1v) is 13.3. The Bertz CT molecular complexity index is 1230. The molecule has 182 valence electrons. The summed E-state index contributed by atoms with van der Waals surface area (Å²) in [5.41, 5.74) is 0.975. The molecule has 0 radical (unpaired) electrons. The van der Waals surface area contributed by atoms with Crippen molar-refractivity contribution in [3.05, 3.63) is 66.7 Å². The molecule has 5 nitrogen and oxygen atoms in total. The minimum absolute atomic E-state index is 0.621. The van der Waals surface area contributed by atoms with Gasteiger partial charge in [-0.3, -0.25) is 0 Å². The van der Waals surface area contributed by atoms with Crippen LogP contribution in [0.25, 0.3) is 20.5 Å². The van der Waals surface area contributed by atoms with Gasteiger partial charge in [-0.2, -0.15) is 0 Å². The topological polar surface area (TPSA) is 40.2 Å². The molecular formula is C28H29NO4S2. The molecule has 1 aromatic heterocycles. The average Bonchev–Trinajstić information content (AvgIpc) is 3.57. The number of fused-ring (bicyclic) bond motifs is 1. The molecular weight excluding hydrogens is 478 g/mol. The lowest BCUT2D eigenvalue weighted by Gasteiger charge is -2.15. The van der Waals surface area contributed by atoms with Gasteiger partial charge < -0.3 is 23.3 Å². The zero-order chi connectivity index (χ0) is 24.0. The van der Waals surface area contributed by atoms with Crippen LogP contribution < -0.4 is 14.2 Å². The molecule has 1 aliphatic rings. The van der Waals surface area contributed by atoms with E-state index in [2.05, 4.69) is 35.2 Å². The fraction of sp³-hybridized carbons (Fsp3) is 0.286. The maximum atomic E-state index is 6.25. The predicted octanol–water partition coefficient (Wildman–Crippen LogP) is 7.50. The van der Waals surface area contributed by atoms with Crippen LogP contribution in [0.5, 0.6) is 23.0 Å². The Morgan fingerprint density at radius 1 is 0.857 bits per heavy atom. The minimum Gasteiger partial charge on any atom is -0.496 e. The Balaban J connectivity index is 1.30. The second-order valence-corrected chi connectivity index (χ2v) is 10.3. The van der Waals surface area contributed by atoms with Crippen LogP contribution >= 0.6 is 23.4 Å². The van der Waals surface area contributed by atoms with Gasteiger partial charge in [-0.25, -0.2) is 0 Å². The first-order valence-electron chi connectivity index (χ1n) is 11.8. The van der Waals surface area contributed by atoms with E-state index in [1.165, 1.54) is 48.1 Å². The van der Waals surface area contributed by atoms with Gasteiger partial charge in [-0.15, -0.1) is 11.3 Å². The van der Waals surface area contributed by atoms with E-state index in [0.717, 1.165) is 40.0 Å². The molecule has 4 aromatic rings. The highest BCUT2D eigenvalue weighted by molar-refractivity contribution is 7.94. The van der Waals surface area contributed by atoms with Crippen LogP contribution in [0, 0.1) is 0 Å². The molecule has 5 rings (SSSR count). The molecule has 1 saturated heterocycles. The van der Waals surface area contributed by atoms with E-state index < -0.39 is 0 Å². The van der Waals surface area contributed by atoms with Gasteiger partial charge >= 0.3 is 0 Å². The second kappa shape index (κ2) is 11.4. The van der Waals surface area contributed by atoms with Crippen molar-refractivity contribution in [3.63, 3.8) is 0 Å². The number of benzene rings is 3. The quantitative estimate of drug-likeness (QED) is 0.164. The van der Waals surface area contributed by atoms with Crippen LogP contribution in [0.3, 0.4) is 0 Å². The molecule has 35 heavy (non-hydrogen) atoms. The summed E-state index contributed by atoms with van der Waals surface area (Å²) < 4.78 is 24.6. The summed E-state index contributed by atoms with van der Waals surface area (Å²) in [6, 6.07) is 22.4. The number of nitrogens with zero attached hydrogens (tertiary/aromatic N) is 1. The average molecular weight is 508 g/mol. The largest absolute Gasteiger partial charge is 0.496 e. The van der Waals surface area contributed by atoms with Crippen molar-refractivity contribution in [2.24, 2.45) is 0 Å². The van der Waals surface area contributed by atoms with Gasteiger partial charge in [0.25, 0.3) is 0 Å². The van der Waals surface area contributed by atoms with E-state index in [1.807, 2.05) is 36.4 Å². The van der Waals surface area contributed by atoms with Crippen LogP contribution in [0.15, 0.2) is 71.6 Å². The van der Waals surface area contributed by atoms with Crippen molar-refractivity contribution in [3.8, 4) is 33.4 Å². The van der Waals surface area contributed by atoms with Gasteiger partial charge in [-0.05, 0) is 73.8 Å². The molecule has 1 fully saturated rings. The molecule has 0 saturated carbocycles. The van der Waals surface area contributed by atoms with Gasteiger partial charge in [0.15, 0.2) is 11.5 Å². The highest BCUT2D eigenvalue weighted by Gasteiger charge is 2.17. The molecule has 7 heteroatoms. The summed E-state index contributed by atoms with van der Waals surface area (Å²) in [6.45, 7) is 4.11. The molecule has 0 atom stereocenters. The van der Waals surface area contributed by atoms with Crippen molar-refractivity contribution in [1.29, 1.82) is 0 Å². The highest BCUT2D eigenvalue weighted by Crippen LogP contribution is 2.45. The fourth-order valence-electron chi connectivity index (χ4n) is 4.23. The zero-order valence-corrected chi connectivity index (χ0v) is 21.6. The molecule has 2 heterocycles. The summed E-state index contributed by atoms with van der Waals surface area (Å²) in [5.74, 6) is 2.74. The van der Waals surface area contributed by atoms with Crippen LogP contribution in [-0.4, -0.2) is 45.4 Å². The summed E-state index contributed by atoms with van der Waals surface area (Å²) in [7, 11) is 3.32. The highest BCUT2D eigenvalue weighted by atomic mass is 32.2. The normalized spacial score (nSPS) is 13.9. The van der Waals surface area contributed by atoms with E-state index in [1.54, 1.807) is 25.6 Å². The van der Waals surface area contributed by atoms with Gasteiger partial charge in [-0.1, -0.05) is 18.2 Å². The SMILES string of the molecule is COc1cc(OC)c(-c2cc3ccccc3s2)cc1Oc1ccc(SOCCN2CCCC2)cc1. The monoisotopic (exact) mass is 507 g/mol. The van der Waals surface area contributed by atoms with Crippen molar-refractivity contribution in [2.45, 2.75) is 17.7 Å². The van der Waals surface area contributed by atoms with E-state index in [4.69, 9.17) is 18.4 Å². The number of rotatable bonds is 10. The van der Waals surface area contributed by atoms with E-state index >= 15 is 0 Å².